The average Bonchev–Trinajstić information content (AvgIpc) is 3.04. The summed E-state index contributed by atoms with van der Waals surface area (Å²) >= 11 is 1.43. The summed E-state index contributed by atoms with van der Waals surface area (Å²) in [6, 6.07) is 13.7. The highest BCUT2D eigenvalue weighted by Crippen LogP contribution is 2.35. The number of rotatable bonds is 4. The molecule has 1 atom stereocenters. The van der Waals surface area contributed by atoms with Crippen molar-refractivity contribution < 1.29 is 9.72 Å². The third-order valence-electron chi connectivity index (χ3n) is 4.65. The van der Waals surface area contributed by atoms with Gasteiger partial charge >= 0.3 is 0 Å². The Kier molecular flexibility index (Phi) is 4.72. The number of hydrogen-bond donors (Lipinski definition) is 0. The van der Waals surface area contributed by atoms with Gasteiger partial charge in [-0.25, -0.2) is 9.89 Å². The van der Waals surface area contributed by atoms with Crippen molar-refractivity contribution in [3.8, 4) is 0 Å². The fraction of sp³-hybridized carbons (Fsp3) is 0.250. The topological polar surface area (TPSA) is 88.2 Å². The lowest BCUT2D eigenvalue weighted by molar-refractivity contribution is -0.384. The van der Waals surface area contributed by atoms with Gasteiger partial charge in [-0.3, -0.25) is 19.9 Å². The number of aliphatic imine (C=N–C) groups is 2. The van der Waals surface area contributed by atoms with E-state index in [1.54, 1.807) is 17.0 Å². The van der Waals surface area contributed by atoms with E-state index in [1.165, 1.54) is 23.9 Å². The predicted octanol–water partition coefficient (Wildman–Crippen LogP) is 4.14. The first kappa shape index (κ1) is 18.4. The van der Waals surface area contributed by atoms with Crippen LogP contribution in [0.3, 0.4) is 0 Å². The summed E-state index contributed by atoms with van der Waals surface area (Å²) in [4.78, 5) is 34.4. The van der Waals surface area contributed by atoms with Crippen molar-refractivity contribution in [2.75, 3.05) is 0 Å². The SMILES string of the molecule is CC(C)[C@H]1N=C2c3ccccc3N=C(SCc3ccc([N+](=O)[O-])cc3)N2C1=O. The summed E-state index contributed by atoms with van der Waals surface area (Å²) in [6.07, 6.45) is 0. The maximum Gasteiger partial charge on any atom is 0.269 e. The van der Waals surface area contributed by atoms with Gasteiger partial charge < -0.3 is 0 Å². The molecule has 2 aliphatic rings. The molecule has 1 amide bonds. The number of carbonyl (C=O) groups is 1. The zero-order valence-corrected chi connectivity index (χ0v) is 16.2. The Labute approximate surface area is 166 Å². The fourth-order valence-electron chi connectivity index (χ4n) is 3.16. The van der Waals surface area contributed by atoms with Crippen molar-refractivity contribution in [2.45, 2.75) is 25.6 Å². The van der Waals surface area contributed by atoms with Crippen LogP contribution in [0.25, 0.3) is 0 Å². The second-order valence-corrected chi connectivity index (χ2v) is 7.88. The van der Waals surface area contributed by atoms with Crippen LogP contribution in [0.2, 0.25) is 0 Å². The highest BCUT2D eigenvalue weighted by molar-refractivity contribution is 8.13. The van der Waals surface area contributed by atoms with Crippen LogP contribution >= 0.6 is 11.8 Å². The molecule has 0 saturated carbocycles. The lowest BCUT2D eigenvalue weighted by Crippen LogP contribution is -2.41. The third kappa shape index (κ3) is 3.20. The zero-order chi connectivity index (χ0) is 19.8. The second-order valence-electron chi connectivity index (χ2n) is 6.94. The van der Waals surface area contributed by atoms with E-state index in [9.17, 15) is 14.9 Å². The van der Waals surface area contributed by atoms with E-state index in [-0.39, 0.29) is 17.5 Å². The number of nitro benzene ring substituents is 1. The Bertz CT molecular complexity index is 1010. The van der Waals surface area contributed by atoms with Gasteiger partial charge in [0.15, 0.2) is 5.17 Å². The maximum absolute atomic E-state index is 13.0. The second kappa shape index (κ2) is 7.20. The van der Waals surface area contributed by atoms with Crippen LogP contribution in [0.15, 0.2) is 58.5 Å². The molecule has 2 aromatic rings. The molecule has 2 aromatic carbocycles. The van der Waals surface area contributed by atoms with E-state index in [0.29, 0.717) is 16.8 Å². The predicted molar refractivity (Wildman–Crippen MR) is 110 cm³/mol. The van der Waals surface area contributed by atoms with Gasteiger partial charge in [0.05, 0.1) is 10.6 Å². The molecule has 0 bridgehead atoms. The van der Waals surface area contributed by atoms with Gasteiger partial charge in [-0.05, 0) is 23.6 Å². The lowest BCUT2D eigenvalue weighted by Gasteiger charge is -2.25. The quantitative estimate of drug-likeness (QED) is 0.576. The Balaban J connectivity index is 1.63. The highest BCUT2D eigenvalue weighted by Gasteiger charge is 2.42. The van der Waals surface area contributed by atoms with Crippen LogP contribution in [-0.4, -0.2) is 32.8 Å². The van der Waals surface area contributed by atoms with Crippen molar-refractivity contribution in [2.24, 2.45) is 15.9 Å². The van der Waals surface area contributed by atoms with Crippen LogP contribution in [-0.2, 0) is 10.5 Å². The number of benzene rings is 2. The number of para-hydroxylation sites is 1. The highest BCUT2D eigenvalue weighted by atomic mass is 32.2. The standard InChI is InChI=1S/C20H18N4O3S/c1-12(2)17-19(25)23-18(22-17)15-5-3-4-6-16(15)21-20(23)28-11-13-7-9-14(10-8-13)24(26)27/h3-10,12,17H,11H2,1-2H3/t17-/m1/s1. The first-order chi connectivity index (χ1) is 13.5. The molecule has 0 N–H and O–H groups in total. The van der Waals surface area contributed by atoms with Crippen molar-refractivity contribution in [1.82, 2.24) is 4.90 Å². The molecular formula is C20H18N4O3S. The molecule has 0 saturated heterocycles. The summed E-state index contributed by atoms with van der Waals surface area (Å²) < 4.78 is 0. The Morgan fingerprint density at radius 3 is 2.57 bits per heavy atom. The van der Waals surface area contributed by atoms with Crippen LogP contribution in [0.5, 0.6) is 0 Å². The molecule has 2 aliphatic heterocycles. The number of nitro groups is 1. The molecule has 0 aliphatic carbocycles. The third-order valence-corrected chi connectivity index (χ3v) is 5.66. The normalized spacial score (nSPS) is 17.9. The van der Waals surface area contributed by atoms with Crippen LogP contribution in [0.1, 0.15) is 25.0 Å². The van der Waals surface area contributed by atoms with Crippen molar-refractivity contribution in [3.63, 3.8) is 0 Å². The number of nitrogens with zero attached hydrogens (tertiary/aromatic N) is 4. The monoisotopic (exact) mass is 394 g/mol. The van der Waals surface area contributed by atoms with E-state index in [1.807, 2.05) is 38.1 Å². The minimum Gasteiger partial charge on any atom is -0.271 e. The van der Waals surface area contributed by atoms with Gasteiger partial charge in [0.25, 0.3) is 11.6 Å². The van der Waals surface area contributed by atoms with E-state index in [0.717, 1.165) is 16.8 Å². The zero-order valence-electron chi connectivity index (χ0n) is 15.4. The van der Waals surface area contributed by atoms with Gasteiger partial charge in [-0.15, -0.1) is 0 Å². The molecule has 28 heavy (non-hydrogen) atoms. The lowest BCUT2D eigenvalue weighted by atomic mass is 10.1. The number of amidine groups is 2. The van der Waals surface area contributed by atoms with Gasteiger partial charge in [0.1, 0.15) is 11.9 Å². The first-order valence-electron chi connectivity index (χ1n) is 8.91. The summed E-state index contributed by atoms with van der Waals surface area (Å²) in [7, 11) is 0. The summed E-state index contributed by atoms with van der Waals surface area (Å²) in [5.41, 5.74) is 2.63. The van der Waals surface area contributed by atoms with Crippen LogP contribution in [0, 0.1) is 16.0 Å². The molecule has 4 rings (SSSR count). The molecule has 0 fully saturated rings. The van der Waals surface area contributed by atoms with Gasteiger partial charge in [-0.2, -0.15) is 0 Å². The number of non-ortho nitro benzene ring substituents is 1. The Hall–Kier alpha value is -3.00. The largest absolute Gasteiger partial charge is 0.271 e. The number of hydrogen-bond acceptors (Lipinski definition) is 6. The molecule has 0 radical (unpaired) electrons. The fourth-order valence-corrected chi connectivity index (χ4v) is 4.12. The van der Waals surface area contributed by atoms with Gasteiger partial charge in [0, 0.05) is 23.4 Å². The Morgan fingerprint density at radius 1 is 1.18 bits per heavy atom. The summed E-state index contributed by atoms with van der Waals surface area (Å²) in [5, 5.41) is 11.4. The molecule has 7 nitrogen and oxygen atoms in total. The number of thioether (sulfide) groups is 1. The van der Waals surface area contributed by atoms with Crippen molar-refractivity contribution in [3.05, 3.63) is 69.8 Å². The minimum atomic E-state index is -0.420. The van der Waals surface area contributed by atoms with Crippen molar-refractivity contribution >= 4 is 40.0 Å². The maximum atomic E-state index is 13.0. The smallest absolute Gasteiger partial charge is 0.269 e. The summed E-state index contributed by atoms with van der Waals surface area (Å²) in [5.74, 6) is 1.23. The van der Waals surface area contributed by atoms with Crippen LogP contribution in [0.4, 0.5) is 11.4 Å². The van der Waals surface area contributed by atoms with Gasteiger partial charge in [0.2, 0.25) is 0 Å². The van der Waals surface area contributed by atoms with Crippen LogP contribution < -0.4 is 0 Å². The summed E-state index contributed by atoms with van der Waals surface area (Å²) in [6.45, 7) is 3.97. The van der Waals surface area contributed by atoms with E-state index >= 15 is 0 Å². The molecule has 142 valence electrons. The molecule has 8 heteroatoms. The van der Waals surface area contributed by atoms with E-state index in [2.05, 4.69) is 4.99 Å². The van der Waals surface area contributed by atoms with E-state index < -0.39 is 11.0 Å². The number of fused-ring (bicyclic) bond motifs is 3. The Morgan fingerprint density at radius 2 is 1.89 bits per heavy atom. The molecule has 0 spiro atoms. The molecular weight excluding hydrogens is 376 g/mol. The average molecular weight is 394 g/mol. The molecule has 2 heterocycles. The first-order valence-corrected chi connectivity index (χ1v) is 9.90. The van der Waals surface area contributed by atoms with E-state index in [4.69, 9.17) is 4.99 Å². The number of carbonyl (C=O) groups excluding carboxylic acids is 1. The number of amides is 1. The minimum absolute atomic E-state index is 0.0570. The van der Waals surface area contributed by atoms with Crippen molar-refractivity contribution in [1.29, 1.82) is 0 Å². The molecule has 0 aromatic heterocycles. The van der Waals surface area contributed by atoms with Gasteiger partial charge in [-0.1, -0.05) is 49.9 Å². The molecule has 0 unspecified atom stereocenters.